The lowest BCUT2D eigenvalue weighted by molar-refractivity contribution is 0.416. The van der Waals surface area contributed by atoms with Crippen molar-refractivity contribution in [2.24, 2.45) is 0 Å². The Hall–Kier alpha value is -2.75. The van der Waals surface area contributed by atoms with Gasteiger partial charge in [-0.25, -0.2) is 0 Å². The van der Waals surface area contributed by atoms with Crippen LogP contribution in [0.3, 0.4) is 0 Å². The molecule has 3 rings (SSSR count). The molecule has 2 aromatic heterocycles. The zero-order valence-corrected chi connectivity index (χ0v) is 11.0. The van der Waals surface area contributed by atoms with E-state index in [0.717, 1.165) is 28.4 Å². The summed E-state index contributed by atoms with van der Waals surface area (Å²) in [6.45, 7) is 0. The SMILES string of the molecule is COc1ccccc1-c1cnc(-c2ccccn2)cn1. The largest absolute Gasteiger partial charge is 0.496 e. The Labute approximate surface area is 117 Å². The highest BCUT2D eigenvalue weighted by Crippen LogP contribution is 2.27. The molecule has 0 aliphatic carbocycles. The van der Waals surface area contributed by atoms with Gasteiger partial charge in [-0.1, -0.05) is 18.2 Å². The molecule has 0 saturated carbocycles. The van der Waals surface area contributed by atoms with Crippen molar-refractivity contribution in [3.8, 4) is 28.4 Å². The molecule has 0 amide bonds. The van der Waals surface area contributed by atoms with Crippen LogP contribution >= 0.6 is 0 Å². The third-order valence-electron chi connectivity index (χ3n) is 2.96. The summed E-state index contributed by atoms with van der Waals surface area (Å²) in [6, 6.07) is 13.5. The average Bonchev–Trinajstić information content (AvgIpc) is 2.56. The van der Waals surface area contributed by atoms with Crippen molar-refractivity contribution in [2.75, 3.05) is 7.11 Å². The smallest absolute Gasteiger partial charge is 0.128 e. The zero-order valence-electron chi connectivity index (χ0n) is 11.0. The van der Waals surface area contributed by atoms with Gasteiger partial charge < -0.3 is 4.74 Å². The lowest BCUT2D eigenvalue weighted by Crippen LogP contribution is -1.93. The van der Waals surface area contributed by atoms with Crippen molar-refractivity contribution < 1.29 is 4.74 Å². The summed E-state index contributed by atoms with van der Waals surface area (Å²) in [7, 11) is 1.65. The van der Waals surface area contributed by atoms with Gasteiger partial charge in [-0.15, -0.1) is 0 Å². The number of para-hydroxylation sites is 1. The molecular formula is C16H13N3O. The maximum Gasteiger partial charge on any atom is 0.128 e. The van der Waals surface area contributed by atoms with Gasteiger partial charge in [0.1, 0.15) is 11.4 Å². The zero-order chi connectivity index (χ0) is 13.8. The summed E-state index contributed by atoms with van der Waals surface area (Å²) in [5.41, 5.74) is 3.27. The van der Waals surface area contributed by atoms with Crippen LogP contribution in [0, 0.1) is 0 Å². The van der Waals surface area contributed by atoms with E-state index >= 15 is 0 Å². The highest BCUT2D eigenvalue weighted by atomic mass is 16.5. The second-order valence-corrected chi connectivity index (χ2v) is 4.20. The molecule has 4 nitrogen and oxygen atoms in total. The Balaban J connectivity index is 1.98. The normalized spacial score (nSPS) is 10.2. The summed E-state index contributed by atoms with van der Waals surface area (Å²) in [5, 5.41) is 0. The fourth-order valence-corrected chi connectivity index (χ4v) is 1.97. The van der Waals surface area contributed by atoms with Crippen LogP contribution in [-0.4, -0.2) is 22.1 Å². The number of hydrogen-bond donors (Lipinski definition) is 0. The maximum atomic E-state index is 5.33. The minimum atomic E-state index is 0.754. The molecule has 3 aromatic rings. The molecule has 0 bridgehead atoms. The van der Waals surface area contributed by atoms with Gasteiger partial charge in [0.15, 0.2) is 0 Å². The van der Waals surface area contributed by atoms with E-state index < -0.39 is 0 Å². The van der Waals surface area contributed by atoms with Crippen LogP contribution in [0.2, 0.25) is 0 Å². The fraction of sp³-hybridized carbons (Fsp3) is 0.0625. The Kier molecular flexibility index (Phi) is 3.37. The molecule has 0 radical (unpaired) electrons. The van der Waals surface area contributed by atoms with Gasteiger partial charge >= 0.3 is 0 Å². The highest BCUT2D eigenvalue weighted by molar-refractivity contribution is 5.67. The van der Waals surface area contributed by atoms with Crippen LogP contribution in [0.5, 0.6) is 5.75 Å². The van der Waals surface area contributed by atoms with Gasteiger partial charge in [0.25, 0.3) is 0 Å². The van der Waals surface area contributed by atoms with Crippen molar-refractivity contribution in [1.82, 2.24) is 15.0 Å². The standard InChI is InChI=1S/C16H13N3O/c1-20-16-8-3-2-6-12(16)14-10-19-15(11-18-14)13-7-4-5-9-17-13/h2-11H,1H3. The van der Waals surface area contributed by atoms with Gasteiger partial charge in [0.2, 0.25) is 0 Å². The summed E-state index contributed by atoms with van der Waals surface area (Å²) in [4.78, 5) is 13.1. The van der Waals surface area contributed by atoms with E-state index in [-0.39, 0.29) is 0 Å². The predicted octanol–water partition coefficient (Wildman–Crippen LogP) is 3.21. The lowest BCUT2D eigenvalue weighted by Gasteiger charge is -2.07. The van der Waals surface area contributed by atoms with Crippen LogP contribution < -0.4 is 4.74 Å². The maximum absolute atomic E-state index is 5.33. The van der Waals surface area contributed by atoms with Crippen LogP contribution in [0.1, 0.15) is 0 Å². The van der Waals surface area contributed by atoms with Crippen LogP contribution in [0.25, 0.3) is 22.6 Å². The molecule has 0 unspecified atom stereocenters. The first-order valence-corrected chi connectivity index (χ1v) is 6.25. The summed E-state index contributed by atoms with van der Waals surface area (Å²) in [5.74, 6) is 0.785. The first-order valence-electron chi connectivity index (χ1n) is 6.25. The molecular weight excluding hydrogens is 250 g/mol. The molecule has 0 aliphatic heterocycles. The molecule has 2 heterocycles. The van der Waals surface area contributed by atoms with Gasteiger partial charge in [0.05, 0.1) is 30.9 Å². The summed E-state index contributed by atoms with van der Waals surface area (Å²) < 4.78 is 5.33. The van der Waals surface area contributed by atoms with E-state index in [1.165, 1.54) is 0 Å². The number of hydrogen-bond acceptors (Lipinski definition) is 4. The van der Waals surface area contributed by atoms with Crippen LogP contribution in [0.15, 0.2) is 61.1 Å². The quantitative estimate of drug-likeness (QED) is 0.728. The molecule has 0 saturated heterocycles. The van der Waals surface area contributed by atoms with E-state index in [1.807, 2.05) is 42.5 Å². The second-order valence-electron chi connectivity index (χ2n) is 4.20. The Morgan fingerprint density at radius 3 is 2.20 bits per heavy atom. The Bertz CT molecular complexity index is 696. The predicted molar refractivity (Wildman–Crippen MR) is 77.3 cm³/mol. The minimum Gasteiger partial charge on any atom is -0.496 e. The number of ether oxygens (including phenoxy) is 1. The third-order valence-corrected chi connectivity index (χ3v) is 2.96. The van der Waals surface area contributed by atoms with Crippen LogP contribution in [-0.2, 0) is 0 Å². The molecule has 4 heteroatoms. The number of pyridine rings is 1. The Morgan fingerprint density at radius 2 is 1.50 bits per heavy atom. The van der Waals surface area contributed by atoms with Crippen molar-refractivity contribution >= 4 is 0 Å². The molecule has 0 spiro atoms. The van der Waals surface area contributed by atoms with Gasteiger partial charge in [-0.3, -0.25) is 15.0 Å². The Morgan fingerprint density at radius 1 is 0.750 bits per heavy atom. The van der Waals surface area contributed by atoms with Crippen molar-refractivity contribution in [2.45, 2.75) is 0 Å². The number of nitrogens with zero attached hydrogens (tertiary/aromatic N) is 3. The van der Waals surface area contributed by atoms with E-state index in [0.29, 0.717) is 0 Å². The van der Waals surface area contributed by atoms with E-state index in [2.05, 4.69) is 15.0 Å². The average molecular weight is 263 g/mol. The van der Waals surface area contributed by atoms with Crippen molar-refractivity contribution in [3.63, 3.8) is 0 Å². The van der Waals surface area contributed by atoms with Crippen molar-refractivity contribution in [1.29, 1.82) is 0 Å². The summed E-state index contributed by atoms with van der Waals surface area (Å²) >= 11 is 0. The van der Waals surface area contributed by atoms with E-state index in [4.69, 9.17) is 4.74 Å². The molecule has 0 atom stereocenters. The first kappa shape index (κ1) is 12.3. The minimum absolute atomic E-state index is 0.754. The van der Waals surface area contributed by atoms with Crippen molar-refractivity contribution in [3.05, 3.63) is 61.1 Å². The first-order chi connectivity index (χ1) is 9.88. The molecule has 98 valence electrons. The molecule has 20 heavy (non-hydrogen) atoms. The summed E-state index contributed by atoms with van der Waals surface area (Å²) in [6.07, 6.45) is 5.21. The molecule has 0 N–H and O–H groups in total. The van der Waals surface area contributed by atoms with Gasteiger partial charge in [-0.05, 0) is 24.3 Å². The van der Waals surface area contributed by atoms with Crippen LogP contribution in [0.4, 0.5) is 0 Å². The number of methoxy groups -OCH3 is 1. The highest BCUT2D eigenvalue weighted by Gasteiger charge is 2.07. The molecule has 0 fully saturated rings. The molecule has 0 aliphatic rings. The van der Waals surface area contributed by atoms with E-state index in [9.17, 15) is 0 Å². The number of aromatic nitrogens is 3. The van der Waals surface area contributed by atoms with Gasteiger partial charge in [-0.2, -0.15) is 0 Å². The van der Waals surface area contributed by atoms with E-state index in [1.54, 1.807) is 25.7 Å². The monoisotopic (exact) mass is 263 g/mol. The number of rotatable bonds is 3. The lowest BCUT2D eigenvalue weighted by atomic mass is 10.1. The third kappa shape index (κ3) is 2.36. The molecule has 1 aromatic carbocycles. The number of benzene rings is 1. The second kappa shape index (κ2) is 5.48. The topological polar surface area (TPSA) is 47.9 Å². The fourth-order valence-electron chi connectivity index (χ4n) is 1.97. The van der Waals surface area contributed by atoms with Gasteiger partial charge in [0, 0.05) is 11.8 Å².